The molecule has 0 atom stereocenters. The minimum absolute atomic E-state index is 0.0408. The summed E-state index contributed by atoms with van der Waals surface area (Å²) in [5, 5.41) is 0. The van der Waals surface area contributed by atoms with E-state index in [1.54, 1.807) is 9.18 Å². The molecule has 0 radical (unpaired) electrons. The van der Waals surface area contributed by atoms with E-state index in [4.69, 9.17) is 3.07 Å². The molecule has 0 saturated heterocycles. The van der Waals surface area contributed by atoms with Crippen LogP contribution < -0.4 is 0 Å². The molecule has 0 aliphatic carbocycles. The number of rotatable bonds is 3. The van der Waals surface area contributed by atoms with Gasteiger partial charge >= 0.3 is 131 Å². The van der Waals surface area contributed by atoms with Crippen LogP contribution in [0.25, 0.3) is 0 Å². The van der Waals surface area contributed by atoms with Gasteiger partial charge in [-0.15, -0.1) is 0 Å². The molecule has 0 saturated carbocycles. The molecular weight excluding hydrogens is 381 g/mol. The Kier molecular flexibility index (Phi) is 3.92. The summed E-state index contributed by atoms with van der Waals surface area (Å²) < 4.78 is 8.16. The van der Waals surface area contributed by atoms with Crippen molar-refractivity contribution < 1.29 is 12.7 Å². The van der Waals surface area contributed by atoms with Crippen LogP contribution in [0.1, 0.15) is 22.8 Å². The molecule has 4 nitrogen and oxygen atoms in total. The average Bonchev–Trinajstić information content (AvgIpc) is 2.74. The number of nitrogens with zero attached hydrogens (tertiary/aromatic N) is 1. The van der Waals surface area contributed by atoms with Crippen LogP contribution in [0.5, 0.6) is 0 Å². The van der Waals surface area contributed by atoms with Crippen molar-refractivity contribution in [1.29, 1.82) is 0 Å². The number of hydrogen-bond acceptors (Lipinski definition) is 3. The van der Waals surface area contributed by atoms with Gasteiger partial charge in [0.05, 0.1) is 0 Å². The Bertz CT molecular complexity index is 687. The topological polar surface area (TPSA) is 46.6 Å². The molecule has 0 fully saturated rings. The summed E-state index contributed by atoms with van der Waals surface area (Å²) >= 11 is -2.45. The first-order chi connectivity index (χ1) is 10.2. The fraction of sp³-hybridized carbons (Fsp3) is 0.125. The van der Waals surface area contributed by atoms with Gasteiger partial charge in [-0.2, -0.15) is 0 Å². The van der Waals surface area contributed by atoms with Gasteiger partial charge in [-0.05, 0) is 0 Å². The fourth-order valence-electron chi connectivity index (χ4n) is 2.14. The van der Waals surface area contributed by atoms with Crippen molar-refractivity contribution in [3.05, 3.63) is 69.3 Å². The second kappa shape index (κ2) is 5.85. The molecule has 108 valence electrons. The van der Waals surface area contributed by atoms with Crippen molar-refractivity contribution >= 4 is 32.4 Å². The molecular formula is C16H14INO3. The van der Waals surface area contributed by atoms with E-state index in [9.17, 15) is 9.59 Å². The second-order valence-electron chi connectivity index (χ2n) is 4.59. The summed E-state index contributed by atoms with van der Waals surface area (Å²) in [6.07, 6.45) is 0. The van der Waals surface area contributed by atoms with Crippen molar-refractivity contribution in [3.8, 4) is 0 Å². The van der Waals surface area contributed by atoms with Gasteiger partial charge in [-0.1, -0.05) is 0 Å². The molecule has 0 bridgehead atoms. The zero-order chi connectivity index (χ0) is 14.8. The summed E-state index contributed by atoms with van der Waals surface area (Å²) in [4.78, 5) is 24.0. The van der Waals surface area contributed by atoms with E-state index >= 15 is 0 Å². The number of carbonyl (C=O) groups excluding carboxylic acids is 2. The van der Waals surface area contributed by atoms with Gasteiger partial charge in [0, 0.05) is 0 Å². The van der Waals surface area contributed by atoms with Crippen LogP contribution in [-0.4, -0.2) is 15.0 Å². The van der Waals surface area contributed by atoms with Crippen molar-refractivity contribution in [1.82, 2.24) is 3.11 Å². The second-order valence-corrected chi connectivity index (χ2v) is 8.67. The van der Waals surface area contributed by atoms with E-state index in [2.05, 4.69) is 0 Å². The molecule has 3 rings (SSSR count). The van der Waals surface area contributed by atoms with E-state index in [1.165, 1.54) is 6.92 Å². The van der Waals surface area contributed by atoms with Crippen LogP contribution in [0.4, 0.5) is 0 Å². The summed E-state index contributed by atoms with van der Waals surface area (Å²) in [7, 11) is 0. The van der Waals surface area contributed by atoms with Crippen LogP contribution >= 0.6 is 20.5 Å². The molecule has 2 aromatic carbocycles. The van der Waals surface area contributed by atoms with E-state index < -0.39 is 20.5 Å². The van der Waals surface area contributed by atoms with Gasteiger partial charge in [0.2, 0.25) is 0 Å². The van der Waals surface area contributed by atoms with Crippen molar-refractivity contribution in [2.75, 3.05) is 0 Å². The predicted octanol–water partition coefficient (Wildman–Crippen LogP) is 3.41. The Labute approximate surface area is 131 Å². The maximum atomic E-state index is 12.6. The third kappa shape index (κ3) is 2.78. The molecule has 0 N–H and O–H groups in total. The number of carbonyl (C=O) groups is 2. The van der Waals surface area contributed by atoms with Gasteiger partial charge in [0.1, 0.15) is 0 Å². The standard InChI is InChI=1S/C16H14INO3/c1-12(19)21-17-15-10-6-5-9-14(15)16(20)18(17)11-13-7-3-2-4-8-13/h2-10H,11H2,1H3. The molecule has 1 heterocycles. The van der Waals surface area contributed by atoms with Crippen LogP contribution in [0, 0.1) is 3.57 Å². The third-order valence-electron chi connectivity index (χ3n) is 3.03. The first-order valence-corrected chi connectivity index (χ1v) is 9.43. The molecule has 1 aliphatic heterocycles. The summed E-state index contributed by atoms with van der Waals surface area (Å²) in [5.74, 6) is -0.372. The van der Waals surface area contributed by atoms with Crippen LogP contribution in [0.3, 0.4) is 0 Å². The van der Waals surface area contributed by atoms with Gasteiger partial charge in [0.25, 0.3) is 0 Å². The summed E-state index contributed by atoms with van der Waals surface area (Å²) in [6.45, 7) is 1.87. The Hall–Kier alpha value is -1.89. The van der Waals surface area contributed by atoms with Gasteiger partial charge in [-0.25, -0.2) is 0 Å². The van der Waals surface area contributed by atoms with Gasteiger partial charge in [-0.3, -0.25) is 0 Å². The average molecular weight is 395 g/mol. The van der Waals surface area contributed by atoms with Gasteiger partial charge in [0.15, 0.2) is 0 Å². The van der Waals surface area contributed by atoms with Crippen LogP contribution in [0.2, 0.25) is 0 Å². The Morgan fingerprint density at radius 1 is 1.10 bits per heavy atom. The number of halogens is 1. The molecule has 2 aromatic rings. The number of hydrogen-bond donors (Lipinski definition) is 0. The molecule has 0 spiro atoms. The number of benzene rings is 2. The zero-order valence-corrected chi connectivity index (χ0v) is 13.6. The van der Waals surface area contributed by atoms with E-state index in [-0.39, 0.29) is 11.9 Å². The molecule has 1 aliphatic rings. The first kappa shape index (κ1) is 14.1. The van der Waals surface area contributed by atoms with E-state index in [0.29, 0.717) is 12.1 Å². The monoisotopic (exact) mass is 395 g/mol. The fourth-order valence-corrected chi connectivity index (χ4v) is 6.62. The van der Waals surface area contributed by atoms with Crippen molar-refractivity contribution in [2.24, 2.45) is 0 Å². The number of amides is 1. The molecule has 0 aromatic heterocycles. The van der Waals surface area contributed by atoms with Crippen LogP contribution in [0.15, 0.2) is 54.6 Å². The quantitative estimate of drug-likeness (QED) is 0.591. The molecule has 5 heteroatoms. The van der Waals surface area contributed by atoms with Crippen molar-refractivity contribution in [3.63, 3.8) is 0 Å². The van der Waals surface area contributed by atoms with E-state index in [1.807, 2.05) is 48.5 Å². The Morgan fingerprint density at radius 3 is 2.48 bits per heavy atom. The van der Waals surface area contributed by atoms with Crippen LogP contribution in [-0.2, 0) is 14.4 Å². The van der Waals surface area contributed by atoms with Gasteiger partial charge < -0.3 is 0 Å². The molecule has 0 unspecified atom stereocenters. The normalized spacial score (nSPS) is 15.0. The summed E-state index contributed by atoms with van der Waals surface area (Å²) in [6, 6.07) is 17.2. The maximum absolute atomic E-state index is 12.6. The third-order valence-corrected chi connectivity index (χ3v) is 7.84. The molecule has 21 heavy (non-hydrogen) atoms. The predicted molar refractivity (Wildman–Crippen MR) is 87.2 cm³/mol. The van der Waals surface area contributed by atoms with E-state index in [0.717, 1.165) is 9.13 Å². The first-order valence-electron chi connectivity index (χ1n) is 6.51. The minimum atomic E-state index is -2.45. The van der Waals surface area contributed by atoms with Crippen molar-refractivity contribution in [2.45, 2.75) is 13.5 Å². The molecule has 1 amide bonds. The Balaban J connectivity index is 1.95. The summed E-state index contributed by atoms with van der Waals surface area (Å²) in [5.41, 5.74) is 1.70. The number of fused-ring (bicyclic) bond motifs is 1. The SMILES string of the molecule is CC(=O)OI1c2ccccc2C(=O)N1Cc1ccccc1. The zero-order valence-electron chi connectivity index (χ0n) is 11.5. The Morgan fingerprint density at radius 2 is 1.76 bits per heavy atom.